The third-order valence-electron chi connectivity index (χ3n) is 4.15. The highest BCUT2D eigenvalue weighted by atomic mass is 35.5. The van der Waals surface area contributed by atoms with E-state index in [1.54, 1.807) is 25.1 Å². The van der Waals surface area contributed by atoms with E-state index in [1.165, 1.54) is 24.4 Å². The van der Waals surface area contributed by atoms with Crippen LogP contribution in [0.5, 0.6) is 5.75 Å². The Morgan fingerprint density at radius 3 is 2.50 bits per heavy atom. The number of hydrogen-bond donors (Lipinski definition) is 2. The van der Waals surface area contributed by atoms with Gasteiger partial charge in [-0.05, 0) is 36.8 Å². The summed E-state index contributed by atoms with van der Waals surface area (Å²) in [6.45, 7) is 1.62. The van der Waals surface area contributed by atoms with Gasteiger partial charge in [0.15, 0.2) is 23.2 Å². The Bertz CT molecular complexity index is 1040. The number of halogens is 3. The Balaban J connectivity index is 1.89. The van der Waals surface area contributed by atoms with Gasteiger partial charge in [-0.25, -0.2) is 18.6 Å². The van der Waals surface area contributed by atoms with Crippen LogP contribution in [0.25, 0.3) is 11.1 Å². The molecule has 1 aromatic heterocycles. The Hall–Kier alpha value is -3.19. The summed E-state index contributed by atoms with van der Waals surface area (Å²) >= 11 is 5.88. The number of benzene rings is 2. The Morgan fingerprint density at radius 1 is 1.18 bits per heavy atom. The van der Waals surface area contributed by atoms with E-state index >= 15 is 0 Å². The number of rotatable bonds is 5. The molecular formula is C20H15ClF2N2O3. The standard InChI is InChI=1S/C20H15ClF2N2O3/c1-10(14-6-7-15(22)18(23)17(14)21)28-16-8-13(9-25-19(16)24)11-2-4-12(5-3-11)20(26)27/h2-10H,1H3,(H2,24,25)(H,26,27). The quantitative estimate of drug-likeness (QED) is 0.578. The molecule has 0 spiro atoms. The molecule has 3 N–H and O–H groups in total. The van der Waals surface area contributed by atoms with E-state index in [0.717, 1.165) is 6.07 Å². The summed E-state index contributed by atoms with van der Waals surface area (Å²) in [5, 5.41) is 8.62. The number of aromatic carboxylic acids is 1. The highest BCUT2D eigenvalue weighted by Gasteiger charge is 2.19. The van der Waals surface area contributed by atoms with Crippen LogP contribution >= 0.6 is 11.6 Å². The number of aromatic nitrogens is 1. The van der Waals surface area contributed by atoms with Crippen LogP contribution in [-0.4, -0.2) is 16.1 Å². The summed E-state index contributed by atoms with van der Waals surface area (Å²) in [5.41, 5.74) is 7.64. The first kappa shape index (κ1) is 19.6. The maximum absolute atomic E-state index is 13.7. The average molecular weight is 405 g/mol. The molecular weight excluding hydrogens is 390 g/mol. The number of nitrogens with zero attached hydrogens (tertiary/aromatic N) is 1. The van der Waals surface area contributed by atoms with Crippen LogP contribution < -0.4 is 10.5 Å². The molecule has 0 aliphatic carbocycles. The number of anilines is 1. The molecule has 3 aromatic rings. The predicted octanol–water partition coefficient (Wildman–Crippen LogP) is 5.10. The molecule has 2 aromatic carbocycles. The van der Waals surface area contributed by atoms with E-state index in [-0.39, 0.29) is 27.7 Å². The molecule has 1 atom stereocenters. The third-order valence-corrected chi connectivity index (χ3v) is 4.54. The van der Waals surface area contributed by atoms with Gasteiger partial charge in [0.25, 0.3) is 0 Å². The van der Waals surface area contributed by atoms with Crippen molar-refractivity contribution < 1.29 is 23.4 Å². The molecule has 144 valence electrons. The fourth-order valence-corrected chi connectivity index (χ4v) is 2.93. The predicted molar refractivity (Wildman–Crippen MR) is 101 cm³/mol. The largest absolute Gasteiger partial charge is 0.482 e. The molecule has 1 heterocycles. The zero-order chi connectivity index (χ0) is 20.4. The minimum Gasteiger partial charge on any atom is -0.482 e. The summed E-state index contributed by atoms with van der Waals surface area (Å²) in [7, 11) is 0. The first-order valence-corrected chi connectivity index (χ1v) is 8.55. The molecule has 1 unspecified atom stereocenters. The number of nitrogen functional groups attached to an aromatic ring is 1. The summed E-state index contributed by atoms with van der Waals surface area (Å²) in [6.07, 6.45) is 0.795. The van der Waals surface area contributed by atoms with Gasteiger partial charge in [0.05, 0.1) is 10.6 Å². The van der Waals surface area contributed by atoms with E-state index in [0.29, 0.717) is 11.1 Å². The van der Waals surface area contributed by atoms with Crippen molar-refractivity contribution in [2.45, 2.75) is 13.0 Å². The zero-order valence-corrected chi connectivity index (χ0v) is 15.4. The third kappa shape index (κ3) is 3.89. The topological polar surface area (TPSA) is 85.4 Å². The van der Waals surface area contributed by atoms with Gasteiger partial charge in [-0.2, -0.15) is 0 Å². The molecule has 0 saturated carbocycles. The van der Waals surface area contributed by atoms with Crippen molar-refractivity contribution in [3.63, 3.8) is 0 Å². The Morgan fingerprint density at radius 2 is 1.86 bits per heavy atom. The zero-order valence-electron chi connectivity index (χ0n) is 14.6. The highest BCUT2D eigenvalue weighted by molar-refractivity contribution is 6.31. The number of hydrogen-bond acceptors (Lipinski definition) is 4. The van der Waals surface area contributed by atoms with Crippen LogP contribution in [0.4, 0.5) is 14.6 Å². The number of nitrogens with two attached hydrogens (primary N) is 1. The summed E-state index contributed by atoms with van der Waals surface area (Å²) in [5.74, 6) is -2.88. The Kier molecular flexibility index (Phi) is 5.46. The second-order valence-electron chi connectivity index (χ2n) is 6.01. The van der Waals surface area contributed by atoms with Crippen LogP contribution in [0.3, 0.4) is 0 Å². The smallest absolute Gasteiger partial charge is 0.335 e. The van der Waals surface area contributed by atoms with E-state index in [1.807, 2.05) is 0 Å². The van der Waals surface area contributed by atoms with Crippen molar-refractivity contribution in [1.29, 1.82) is 0 Å². The lowest BCUT2D eigenvalue weighted by molar-refractivity contribution is 0.0697. The van der Waals surface area contributed by atoms with Crippen molar-refractivity contribution >= 4 is 23.4 Å². The Labute approximate surface area is 164 Å². The molecule has 0 bridgehead atoms. The normalized spacial score (nSPS) is 11.9. The first-order chi connectivity index (χ1) is 13.3. The second kappa shape index (κ2) is 7.82. The van der Waals surface area contributed by atoms with Gasteiger partial charge in [0, 0.05) is 17.3 Å². The molecule has 0 fully saturated rings. The van der Waals surface area contributed by atoms with E-state index in [4.69, 9.17) is 27.2 Å². The molecule has 0 aliphatic heterocycles. The van der Waals surface area contributed by atoms with Gasteiger partial charge in [0.2, 0.25) is 0 Å². The molecule has 8 heteroatoms. The molecule has 0 aliphatic rings. The summed E-state index contributed by atoms with van der Waals surface area (Å²) < 4.78 is 32.7. The van der Waals surface area contributed by atoms with Crippen molar-refractivity contribution in [2.75, 3.05) is 5.73 Å². The minimum absolute atomic E-state index is 0.108. The molecule has 3 rings (SSSR count). The van der Waals surface area contributed by atoms with Crippen LogP contribution in [0.15, 0.2) is 48.7 Å². The minimum atomic E-state index is -1.15. The fraction of sp³-hybridized carbons (Fsp3) is 0.100. The van der Waals surface area contributed by atoms with Gasteiger partial charge in [-0.3, -0.25) is 0 Å². The highest BCUT2D eigenvalue weighted by Crippen LogP contribution is 2.34. The maximum Gasteiger partial charge on any atom is 0.335 e. The maximum atomic E-state index is 13.7. The average Bonchev–Trinajstić information content (AvgIpc) is 2.68. The fourth-order valence-electron chi connectivity index (χ4n) is 2.62. The van der Waals surface area contributed by atoms with Crippen molar-refractivity contribution in [3.8, 4) is 16.9 Å². The molecule has 28 heavy (non-hydrogen) atoms. The number of carboxylic acid groups (broad SMARTS) is 1. The number of carboxylic acids is 1. The van der Waals surface area contributed by atoms with E-state index in [2.05, 4.69) is 4.98 Å². The lowest BCUT2D eigenvalue weighted by Crippen LogP contribution is -2.08. The van der Waals surface area contributed by atoms with E-state index in [9.17, 15) is 13.6 Å². The van der Waals surface area contributed by atoms with Gasteiger partial charge >= 0.3 is 5.97 Å². The van der Waals surface area contributed by atoms with Crippen molar-refractivity contribution in [1.82, 2.24) is 4.98 Å². The number of carbonyl (C=O) groups is 1. The molecule has 0 saturated heterocycles. The lowest BCUT2D eigenvalue weighted by atomic mass is 10.1. The monoisotopic (exact) mass is 404 g/mol. The van der Waals surface area contributed by atoms with Gasteiger partial charge in [0.1, 0.15) is 6.10 Å². The number of pyridine rings is 1. The van der Waals surface area contributed by atoms with Crippen LogP contribution in [0, 0.1) is 11.6 Å². The molecule has 0 amide bonds. The second-order valence-corrected chi connectivity index (χ2v) is 6.39. The SMILES string of the molecule is CC(Oc1cc(-c2ccc(C(=O)O)cc2)cnc1N)c1ccc(F)c(F)c1Cl. The number of ether oxygens (including phenoxy) is 1. The summed E-state index contributed by atoms with van der Waals surface area (Å²) in [4.78, 5) is 15.0. The molecule has 5 nitrogen and oxygen atoms in total. The van der Waals surface area contributed by atoms with Gasteiger partial charge in [-0.1, -0.05) is 29.8 Å². The van der Waals surface area contributed by atoms with Crippen LogP contribution in [0.1, 0.15) is 28.9 Å². The van der Waals surface area contributed by atoms with Gasteiger partial charge in [-0.15, -0.1) is 0 Å². The molecule has 0 radical (unpaired) electrons. The van der Waals surface area contributed by atoms with E-state index < -0.39 is 23.7 Å². The van der Waals surface area contributed by atoms with Crippen molar-refractivity contribution in [2.24, 2.45) is 0 Å². The lowest BCUT2D eigenvalue weighted by Gasteiger charge is -2.18. The van der Waals surface area contributed by atoms with Gasteiger partial charge < -0.3 is 15.6 Å². The summed E-state index contributed by atoms with van der Waals surface area (Å²) in [6, 6.07) is 10.1. The van der Waals surface area contributed by atoms with Crippen LogP contribution in [-0.2, 0) is 0 Å². The van der Waals surface area contributed by atoms with Crippen molar-refractivity contribution in [3.05, 3.63) is 76.4 Å². The first-order valence-electron chi connectivity index (χ1n) is 8.17. The van der Waals surface area contributed by atoms with Crippen LogP contribution in [0.2, 0.25) is 5.02 Å².